The monoisotopic (exact) mass is 448 g/mol. The molecule has 0 bridgehead atoms. The van der Waals surface area contributed by atoms with Crippen molar-refractivity contribution in [3.63, 3.8) is 0 Å². The van der Waals surface area contributed by atoms with Gasteiger partial charge < -0.3 is 15.4 Å². The van der Waals surface area contributed by atoms with Crippen LogP contribution in [0.2, 0.25) is 0 Å². The maximum atomic E-state index is 12.9. The van der Waals surface area contributed by atoms with Crippen molar-refractivity contribution in [2.75, 3.05) is 17.2 Å². The van der Waals surface area contributed by atoms with Crippen molar-refractivity contribution in [2.45, 2.75) is 6.92 Å². The molecule has 0 aliphatic heterocycles. The van der Waals surface area contributed by atoms with E-state index in [9.17, 15) is 18.8 Å². The Morgan fingerprint density at radius 1 is 0.909 bits per heavy atom. The number of ether oxygens (including phenoxy) is 1. The Hall–Kier alpha value is -4.53. The third-order valence-electron chi connectivity index (χ3n) is 4.26. The van der Waals surface area contributed by atoms with E-state index in [0.29, 0.717) is 22.7 Å². The van der Waals surface area contributed by atoms with Gasteiger partial charge >= 0.3 is 11.8 Å². The molecular weight excluding hydrogens is 427 g/mol. The van der Waals surface area contributed by atoms with Crippen LogP contribution in [0.15, 0.2) is 77.9 Å². The van der Waals surface area contributed by atoms with E-state index in [0.717, 1.165) is 5.56 Å². The number of carbonyl (C=O) groups is 3. The summed E-state index contributed by atoms with van der Waals surface area (Å²) in [5.74, 6) is -2.30. The lowest BCUT2D eigenvalue weighted by Crippen LogP contribution is -2.32. The van der Waals surface area contributed by atoms with Crippen LogP contribution < -0.4 is 20.8 Å². The van der Waals surface area contributed by atoms with Crippen molar-refractivity contribution in [2.24, 2.45) is 5.10 Å². The lowest BCUT2D eigenvalue weighted by atomic mass is 10.2. The van der Waals surface area contributed by atoms with Gasteiger partial charge in [-0.15, -0.1) is 0 Å². The van der Waals surface area contributed by atoms with Gasteiger partial charge in [-0.05, 0) is 61.0 Å². The minimum atomic E-state index is -0.940. The van der Waals surface area contributed by atoms with Gasteiger partial charge in [0.15, 0.2) is 6.61 Å². The van der Waals surface area contributed by atoms with Gasteiger partial charge in [0.1, 0.15) is 11.6 Å². The minimum Gasteiger partial charge on any atom is -0.483 e. The number of carbonyl (C=O) groups excluding carboxylic acids is 3. The summed E-state index contributed by atoms with van der Waals surface area (Å²) in [7, 11) is 0. The number of benzene rings is 3. The first-order chi connectivity index (χ1) is 15.9. The molecule has 0 fully saturated rings. The molecule has 33 heavy (non-hydrogen) atoms. The molecule has 3 rings (SSSR count). The smallest absolute Gasteiger partial charge is 0.329 e. The van der Waals surface area contributed by atoms with Crippen molar-refractivity contribution in [1.29, 1.82) is 0 Å². The summed E-state index contributed by atoms with van der Waals surface area (Å²) in [5.41, 5.74) is 4.50. The van der Waals surface area contributed by atoms with Crippen molar-refractivity contribution < 1.29 is 23.5 Å². The second-order valence-electron chi connectivity index (χ2n) is 6.90. The molecule has 0 saturated heterocycles. The zero-order valence-electron chi connectivity index (χ0n) is 17.7. The molecular formula is C24H21FN4O4. The molecule has 0 atom stereocenters. The van der Waals surface area contributed by atoms with Crippen molar-refractivity contribution >= 4 is 35.3 Å². The first-order valence-corrected chi connectivity index (χ1v) is 9.89. The summed E-state index contributed by atoms with van der Waals surface area (Å²) in [6, 6.07) is 19.1. The third kappa shape index (κ3) is 7.28. The highest BCUT2D eigenvalue weighted by molar-refractivity contribution is 6.39. The Labute approximate surface area is 189 Å². The molecule has 0 aromatic heterocycles. The van der Waals surface area contributed by atoms with E-state index in [-0.39, 0.29) is 6.61 Å². The van der Waals surface area contributed by atoms with Crippen LogP contribution in [-0.4, -0.2) is 30.5 Å². The van der Waals surface area contributed by atoms with E-state index in [1.54, 1.807) is 42.5 Å². The van der Waals surface area contributed by atoms with E-state index in [1.807, 2.05) is 13.0 Å². The molecule has 3 amide bonds. The molecule has 0 saturated carbocycles. The van der Waals surface area contributed by atoms with E-state index in [1.165, 1.54) is 30.5 Å². The molecule has 0 aliphatic rings. The number of aryl methyl sites for hydroxylation is 1. The summed E-state index contributed by atoms with van der Waals surface area (Å²) >= 11 is 0. The average molecular weight is 448 g/mol. The summed E-state index contributed by atoms with van der Waals surface area (Å²) in [6.07, 6.45) is 1.30. The number of amides is 3. The van der Waals surface area contributed by atoms with Gasteiger partial charge in [-0.3, -0.25) is 14.4 Å². The zero-order chi connectivity index (χ0) is 23.6. The molecule has 3 N–H and O–H groups in total. The first-order valence-electron chi connectivity index (χ1n) is 9.89. The normalized spacial score (nSPS) is 10.5. The van der Waals surface area contributed by atoms with E-state index in [2.05, 4.69) is 21.2 Å². The Balaban J connectivity index is 1.52. The fourth-order valence-corrected chi connectivity index (χ4v) is 2.71. The highest BCUT2D eigenvalue weighted by atomic mass is 19.1. The number of halogens is 1. The number of para-hydroxylation sites is 1. The van der Waals surface area contributed by atoms with Crippen molar-refractivity contribution in [3.05, 3.63) is 89.7 Å². The molecule has 3 aromatic rings. The Morgan fingerprint density at radius 2 is 1.67 bits per heavy atom. The summed E-state index contributed by atoms with van der Waals surface area (Å²) in [6.45, 7) is 1.57. The van der Waals surface area contributed by atoms with Crippen LogP contribution in [0.3, 0.4) is 0 Å². The van der Waals surface area contributed by atoms with Crippen LogP contribution in [0.1, 0.15) is 11.1 Å². The molecule has 8 nitrogen and oxygen atoms in total. The van der Waals surface area contributed by atoms with Gasteiger partial charge in [0, 0.05) is 16.9 Å². The first kappa shape index (κ1) is 23.1. The second-order valence-corrected chi connectivity index (χ2v) is 6.90. The highest BCUT2D eigenvalue weighted by Crippen LogP contribution is 2.16. The van der Waals surface area contributed by atoms with Crippen LogP contribution in [0.5, 0.6) is 5.75 Å². The fraction of sp³-hybridized carbons (Fsp3) is 0.0833. The predicted molar refractivity (Wildman–Crippen MR) is 123 cm³/mol. The van der Waals surface area contributed by atoms with E-state index >= 15 is 0 Å². The standard InChI is InChI=1S/C24H21FN4O4/c1-16-5-4-7-20(13-16)28-23(31)24(32)29-26-14-17-6-2-3-8-21(17)33-15-22(30)27-19-11-9-18(25)10-12-19/h2-14H,15H2,1H3,(H,27,30)(H,28,31)(H,29,32)/b26-14-. The Morgan fingerprint density at radius 3 is 2.42 bits per heavy atom. The largest absolute Gasteiger partial charge is 0.483 e. The van der Waals surface area contributed by atoms with Crippen LogP contribution in [0.25, 0.3) is 0 Å². The number of nitrogens with one attached hydrogen (secondary N) is 3. The van der Waals surface area contributed by atoms with E-state index in [4.69, 9.17) is 4.74 Å². The highest BCUT2D eigenvalue weighted by Gasteiger charge is 2.13. The number of nitrogens with zero attached hydrogens (tertiary/aromatic N) is 1. The SMILES string of the molecule is Cc1cccc(NC(=O)C(=O)N/N=C\c2ccccc2OCC(=O)Nc2ccc(F)cc2)c1. The molecule has 0 heterocycles. The predicted octanol–water partition coefficient (Wildman–Crippen LogP) is 3.24. The van der Waals surface area contributed by atoms with Crippen molar-refractivity contribution in [3.8, 4) is 5.75 Å². The van der Waals surface area contributed by atoms with Gasteiger partial charge in [0.2, 0.25) is 0 Å². The maximum absolute atomic E-state index is 12.9. The fourth-order valence-electron chi connectivity index (χ4n) is 2.71. The third-order valence-corrected chi connectivity index (χ3v) is 4.26. The molecule has 0 aliphatic carbocycles. The minimum absolute atomic E-state index is 0.298. The van der Waals surface area contributed by atoms with Gasteiger partial charge in [0.25, 0.3) is 5.91 Å². The van der Waals surface area contributed by atoms with Gasteiger partial charge in [-0.25, -0.2) is 9.82 Å². The quantitative estimate of drug-likeness (QED) is 0.293. The van der Waals surface area contributed by atoms with Crippen LogP contribution in [0, 0.1) is 12.7 Å². The number of hydrazone groups is 1. The van der Waals surface area contributed by atoms with Crippen molar-refractivity contribution in [1.82, 2.24) is 5.43 Å². The Kier molecular flexibility index (Phi) is 7.85. The number of rotatable bonds is 7. The number of anilines is 2. The topological polar surface area (TPSA) is 109 Å². The van der Waals surface area contributed by atoms with Crippen LogP contribution in [0.4, 0.5) is 15.8 Å². The lowest BCUT2D eigenvalue weighted by molar-refractivity contribution is -0.136. The maximum Gasteiger partial charge on any atom is 0.329 e. The van der Waals surface area contributed by atoms with Gasteiger partial charge in [0.05, 0.1) is 6.21 Å². The summed E-state index contributed by atoms with van der Waals surface area (Å²) in [4.78, 5) is 36.0. The zero-order valence-corrected chi connectivity index (χ0v) is 17.7. The van der Waals surface area contributed by atoms with E-state index < -0.39 is 23.5 Å². The van der Waals surface area contributed by atoms with Gasteiger partial charge in [-0.2, -0.15) is 5.10 Å². The average Bonchev–Trinajstić information content (AvgIpc) is 2.80. The van der Waals surface area contributed by atoms with Crippen LogP contribution >= 0.6 is 0 Å². The number of hydrogen-bond donors (Lipinski definition) is 3. The number of hydrogen-bond acceptors (Lipinski definition) is 5. The Bertz CT molecular complexity index is 1180. The molecule has 168 valence electrons. The molecule has 0 spiro atoms. The van der Waals surface area contributed by atoms with Gasteiger partial charge in [-0.1, -0.05) is 24.3 Å². The molecule has 0 unspecified atom stereocenters. The molecule has 0 radical (unpaired) electrons. The molecule has 9 heteroatoms. The summed E-state index contributed by atoms with van der Waals surface area (Å²) in [5, 5.41) is 8.85. The second kappa shape index (κ2) is 11.2. The lowest BCUT2D eigenvalue weighted by Gasteiger charge is -2.09. The van der Waals surface area contributed by atoms with Crippen LogP contribution in [-0.2, 0) is 14.4 Å². The molecule has 3 aromatic carbocycles. The summed E-state index contributed by atoms with van der Waals surface area (Å²) < 4.78 is 18.5.